The molecule has 4 rings (SSSR count). The molecule has 0 heterocycles. The fraction of sp³-hybridized carbons (Fsp3) is 0.355. The molecule has 0 aliphatic heterocycles. The predicted octanol–water partition coefficient (Wildman–Crippen LogP) is 6.09. The lowest BCUT2D eigenvalue weighted by Crippen LogP contribution is -2.52. The minimum absolute atomic E-state index is 0.0167. The summed E-state index contributed by atoms with van der Waals surface area (Å²) in [7, 11) is -2.72. The number of rotatable bonds is 11. The van der Waals surface area contributed by atoms with E-state index in [4.69, 9.17) is 16.3 Å². The van der Waals surface area contributed by atoms with E-state index >= 15 is 0 Å². The second kappa shape index (κ2) is 13.9. The van der Waals surface area contributed by atoms with E-state index in [0.29, 0.717) is 20.9 Å². The summed E-state index contributed by atoms with van der Waals surface area (Å²) in [6.45, 7) is 3.12. The summed E-state index contributed by atoms with van der Waals surface area (Å²) < 4.78 is 34.9. The number of nitrogens with zero attached hydrogens (tertiary/aromatic N) is 2. The number of halogens is 2. The molecule has 3 aromatic carbocycles. The van der Waals surface area contributed by atoms with Crippen molar-refractivity contribution in [1.29, 1.82) is 0 Å². The fourth-order valence-corrected chi connectivity index (χ4v) is 7.33. The van der Waals surface area contributed by atoms with E-state index in [-0.39, 0.29) is 23.4 Å². The molecule has 1 aliphatic carbocycles. The van der Waals surface area contributed by atoms with Crippen molar-refractivity contribution >= 4 is 55.1 Å². The topological polar surface area (TPSA) is 96.0 Å². The van der Waals surface area contributed by atoms with Crippen molar-refractivity contribution in [3.8, 4) is 5.75 Å². The lowest BCUT2D eigenvalue weighted by atomic mass is 10.1. The highest BCUT2D eigenvalue weighted by atomic mass is 79.9. The minimum Gasteiger partial charge on any atom is -0.496 e. The molecule has 11 heteroatoms. The third kappa shape index (κ3) is 7.65. The van der Waals surface area contributed by atoms with Gasteiger partial charge in [0.15, 0.2) is 0 Å². The van der Waals surface area contributed by atoms with Crippen LogP contribution in [-0.4, -0.2) is 50.9 Å². The molecule has 8 nitrogen and oxygen atoms in total. The summed E-state index contributed by atoms with van der Waals surface area (Å²) in [6, 6.07) is 17.6. The average Bonchev–Trinajstić information content (AvgIpc) is 3.47. The van der Waals surface area contributed by atoms with Gasteiger partial charge in [-0.1, -0.05) is 54.3 Å². The Hall–Kier alpha value is -3.08. The lowest BCUT2D eigenvalue weighted by molar-refractivity contribution is -0.139. The van der Waals surface area contributed by atoms with Crippen LogP contribution in [0.25, 0.3) is 0 Å². The van der Waals surface area contributed by atoms with Gasteiger partial charge in [-0.2, -0.15) is 0 Å². The highest BCUT2D eigenvalue weighted by Crippen LogP contribution is 2.31. The molecule has 3 aromatic rings. The van der Waals surface area contributed by atoms with Gasteiger partial charge in [0.2, 0.25) is 11.8 Å². The number of anilines is 1. The van der Waals surface area contributed by atoms with E-state index in [2.05, 4.69) is 21.2 Å². The molecule has 42 heavy (non-hydrogen) atoms. The van der Waals surface area contributed by atoms with E-state index in [1.165, 1.54) is 24.1 Å². The van der Waals surface area contributed by atoms with Crippen LogP contribution in [0.5, 0.6) is 5.75 Å². The van der Waals surface area contributed by atoms with Gasteiger partial charge in [-0.25, -0.2) is 8.42 Å². The zero-order valence-electron chi connectivity index (χ0n) is 23.8. The van der Waals surface area contributed by atoms with Crippen LogP contribution in [-0.2, 0) is 26.2 Å². The monoisotopic (exact) mass is 675 g/mol. The van der Waals surface area contributed by atoms with Crippen LogP contribution in [0, 0.1) is 6.92 Å². The maximum atomic E-state index is 14.1. The number of nitrogens with one attached hydrogen (secondary N) is 1. The second-order valence-corrected chi connectivity index (χ2v) is 13.6. The molecule has 224 valence electrons. The molecular weight excluding hydrogens is 642 g/mol. The number of methoxy groups -OCH3 is 1. The highest BCUT2D eigenvalue weighted by molar-refractivity contribution is 9.10. The molecule has 1 atom stereocenters. The minimum atomic E-state index is -4.21. The summed E-state index contributed by atoms with van der Waals surface area (Å²) in [5.74, 6) is -0.330. The Kier molecular flexibility index (Phi) is 10.6. The first-order chi connectivity index (χ1) is 20.0. The molecule has 0 spiro atoms. The van der Waals surface area contributed by atoms with Crippen LogP contribution in [0.1, 0.15) is 43.7 Å². The van der Waals surface area contributed by atoms with Crippen LogP contribution >= 0.6 is 27.5 Å². The van der Waals surface area contributed by atoms with Crippen molar-refractivity contribution in [3.05, 3.63) is 87.4 Å². The van der Waals surface area contributed by atoms with Crippen molar-refractivity contribution in [2.45, 2.75) is 63.1 Å². The number of ether oxygens (including phenoxy) is 1. The average molecular weight is 677 g/mol. The number of carbonyl (C=O) groups excluding carboxylic acids is 2. The van der Waals surface area contributed by atoms with Gasteiger partial charge in [0.1, 0.15) is 18.3 Å². The molecule has 1 saturated carbocycles. The van der Waals surface area contributed by atoms with E-state index < -0.39 is 28.5 Å². The number of amides is 2. The van der Waals surface area contributed by atoms with Crippen LogP contribution in [0.15, 0.2) is 76.1 Å². The predicted molar refractivity (Wildman–Crippen MR) is 168 cm³/mol. The van der Waals surface area contributed by atoms with Crippen LogP contribution in [0.2, 0.25) is 5.02 Å². The van der Waals surface area contributed by atoms with E-state index in [1.807, 2.05) is 13.0 Å². The zero-order valence-corrected chi connectivity index (χ0v) is 27.0. The van der Waals surface area contributed by atoms with Crippen molar-refractivity contribution in [2.24, 2.45) is 0 Å². The standard InChI is InChI=1S/C31H35BrClN3O5S/c1-21-11-13-26(14-12-21)36(42(39,40)27-15-16-29(41-3)28(32)18-27)20-30(37)35(19-23-7-6-8-24(33)17-23)22(2)31(38)34-25-9-4-5-10-25/h6-8,11-18,22,25H,4-5,9-10,19-20H2,1-3H3,(H,34,38)/t22-/m1/s1. The van der Waals surface area contributed by atoms with Crippen molar-refractivity contribution in [2.75, 3.05) is 18.0 Å². The van der Waals surface area contributed by atoms with Gasteiger partial charge in [-0.15, -0.1) is 0 Å². The molecule has 0 radical (unpaired) electrons. The Morgan fingerprint density at radius 2 is 1.76 bits per heavy atom. The summed E-state index contributed by atoms with van der Waals surface area (Å²) in [4.78, 5) is 28.8. The Balaban J connectivity index is 1.70. The second-order valence-electron chi connectivity index (χ2n) is 10.5. The maximum absolute atomic E-state index is 14.1. The lowest BCUT2D eigenvalue weighted by Gasteiger charge is -2.32. The molecule has 0 saturated heterocycles. The molecule has 0 aromatic heterocycles. The Morgan fingerprint density at radius 1 is 1.07 bits per heavy atom. The number of aryl methyl sites for hydroxylation is 1. The normalized spacial score (nSPS) is 14.3. The van der Waals surface area contributed by atoms with E-state index in [1.54, 1.807) is 55.5 Å². The number of carbonyl (C=O) groups is 2. The van der Waals surface area contributed by atoms with Crippen molar-refractivity contribution in [1.82, 2.24) is 10.2 Å². The van der Waals surface area contributed by atoms with Gasteiger partial charge in [0.25, 0.3) is 10.0 Å². The van der Waals surface area contributed by atoms with Gasteiger partial charge >= 0.3 is 0 Å². The third-order valence-corrected chi connectivity index (χ3v) is 10.0. The van der Waals surface area contributed by atoms with Crippen LogP contribution in [0.3, 0.4) is 0 Å². The molecule has 0 unspecified atom stereocenters. The smallest absolute Gasteiger partial charge is 0.264 e. The third-order valence-electron chi connectivity index (χ3n) is 7.42. The first-order valence-corrected chi connectivity index (χ1v) is 16.4. The Morgan fingerprint density at radius 3 is 2.38 bits per heavy atom. The molecule has 1 aliphatic rings. The Labute approximate surface area is 261 Å². The van der Waals surface area contributed by atoms with Crippen molar-refractivity contribution in [3.63, 3.8) is 0 Å². The van der Waals surface area contributed by atoms with Crippen molar-refractivity contribution < 1.29 is 22.7 Å². The number of hydrogen-bond acceptors (Lipinski definition) is 5. The molecule has 1 N–H and O–H groups in total. The molecule has 2 amide bonds. The van der Waals surface area contributed by atoms with Gasteiger partial charge in [-0.3, -0.25) is 13.9 Å². The zero-order chi connectivity index (χ0) is 30.4. The molecular formula is C31H35BrClN3O5S. The molecule has 0 bridgehead atoms. The van der Waals surface area contributed by atoms with Crippen LogP contribution < -0.4 is 14.4 Å². The summed E-state index contributed by atoms with van der Waals surface area (Å²) in [6.07, 6.45) is 3.90. The summed E-state index contributed by atoms with van der Waals surface area (Å²) in [5.41, 5.74) is 1.99. The van der Waals surface area contributed by atoms with Gasteiger partial charge in [0, 0.05) is 17.6 Å². The summed E-state index contributed by atoms with van der Waals surface area (Å²) >= 11 is 9.58. The van der Waals surface area contributed by atoms with Gasteiger partial charge in [-0.05, 0) is 90.6 Å². The van der Waals surface area contributed by atoms with Gasteiger partial charge in [0.05, 0.1) is 22.2 Å². The largest absolute Gasteiger partial charge is 0.496 e. The number of benzene rings is 3. The van der Waals surface area contributed by atoms with Gasteiger partial charge < -0.3 is 15.0 Å². The maximum Gasteiger partial charge on any atom is 0.264 e. The highest BCUT2D eigenvalue weighted by Gasteiger charge is 2.33. The number of sulfonamides is 1. The summed E-state index contributed by atoms with van der Waals surface area (Å²) in [5, 5.41) is 3.56. The quantitative estimate of drug-likeness (QED) is 0.265. The molecule has 1 fully saturated rings. The first kappa shape index (κ1) is 31.8. The van der Waals surface area contributed by atoms with E-state index in [0.717, 1.165) is 41.1 Å². The van der Waals surface area contributed by atoms with Crippen LogP contribution in [0.4, 0.5) is 5.69 Å². The SMILES string of the molecule is COc1ccc(S(=O)(=O)N(CC(=O)N(Cc2cccc(Cl)c2)[C@H](C)C(=O)NC2CCCC2)c2ccc(C)cc2)cc1Br. The first-order valence-electron chi connectivity index (χ1n) is 13.8. The fourth-order valence-electron chi connectivity index (χ4n) is 4.98. The number of hydrogen-bond donors (Lipinski definition) is 1. The van der Waals surface area contributed by atoms with E-state index in [9.17, 15) is 18.0 Å². The Bertz CT molecular complexity index is 1530.